The van der Waals surface area contributed by atoms with Gasteiger partial charge in [-0.1, -0.05) is 40.2 Å². The zero-order valence-corrected chi connectivity index (χ0v) is 13.4. The average molecular weight is 265 g/mol. The molecule has 18 heavy (non-hydrogen) atoms. The van der Waals surface area contributed by atoms with E-state index in [1.165, 1.54) is 15.3 Å². The molecule has 0 atom stereocenters. The molecule has 2 heteroatoms. The first-order valence-electron chi connectivity index (χ1n) is 6.77. The van der Waals surface area contributed by atoms with Crippen LogP contribution in [0.2, 0.25) is 0 Å². The van der Waals surface area contributed by atoms with Gasteiger partial charge in [-0.15, -0.1) is 11.3 Å². The highest BCUT2D eigenvalue weighted by atomic mass is 32.1. The van der Waals surface area contributed by atoms with Crippen molar-refractivity contribution in [1.82, 2.24) is 5.32 Å². The lowest BCUT2D eigenvalue weighted by atomic mass is 9.95. The van der Waals surface area contributed by atoms with Crippen molar-refractivity contribution in [2.45, 2.75) is 47.0 Å². The van der Waals surface area contributed by atoms with Gasteiger partial charge < -0.3 is 5.32 Å². The van der Waals surface area contributed by atoms with E-state index in [2.05, 4.69) is 65.1 Å². The molecule has 0 aliphatic carbocycles. The first kappa shape index (κ1) is 15.5. The second-order valence-corrected chi connectivity index (χ2v) is 7.58. The van der Waals surface area contributed by atoms with Crippen LogP contribution in [0.15, 0.2) is 17.7 Å². The third-order valence-corrected chi connectivity index (χ3v) is 4.17. The number of rotatable bonds is 5. The van der Waals surface area contributed by atoms with Crippen LogP contribution in [0, 0.1) is 5.92 Å². The predicted octanol–water partition coefficient (Wildman–Crippen LogP) is 4.69. The summed E-state index contributed by atoms with van der Waals surface area (Å²) in [5.41, 5.74) is 1.67. The molecule has 0 aliphatic rings. The van der Waals surface area contributed by atoms with Crippen LogP contribution in [0.25, 0.3) is 6.08 Å². The smallest absolute Gasteiger partial charge is 0.0273 e. The fourth-order valence-corrected chi connectivity index (χ4v) is 2.78. The highest BCUT2D eigenvalue weighted by Crippen LogP contribution is 2.30. The molecule has 0 saturated heterocycles. The molecule has 1 heterocycles. The quantitative estimate of drug-likeness (QED) is 0.814. The largest absolute Gasteiger partial charge is 0.313 e. The van der Waals surface area contributed by atoms with E-state index in [1.54, 1.807) is 0 Å². The molecule has 0 aliphatic heterocycles. The third-order valence-electron chi connectivity index (χ3n) is 2.71. The average Bonchev–Trinajstić information content (AvgIpc) is 2.64. The highest BCUT2D eigenvalue weighted by molar-refractivity contribution is 7.13. The normalized spacial score (nSPS) is 13.4. The molecule has 0 bridgehead atoms. The van der Waals surface area contributed by atoms with E-state index < -0.39 is 0 Å². The minimum absolute atomic E-state index is 0.264. The van der Waals surface area contributed by atoms with Gasteiger partial charge in [0.1, 0.15) is 0 Å². The van der Waals surface area contributed by atoms with Gasteiger partial charge in [0.2, 0.25) is 0 Å². The Morgan fingerprint density at radius 3 is 2.50 bits per heavy atom. The number of hydrogen-bond acceptors (Lipinski definition) is 2. The molecule has 1 N–H and O–H groups in total. The predicted molar refractivity (Wildman–Crippen MR) is 84.4 cm³/mol. The standard InChI is InChI=1S/C16H27NS/c1-12(2)10-17-11-13(3)9-14-7-8-15(18-14)16(4,5)6/h7-9,12,17H,10-11H2,1-6H3/b13-9+. The van der Waals surface area contributed by atoms with Crippen molar-refractivity contribution in [1.29, 1.82) is 0 Å². The maximum Gasteiger partial charge on any atom is 0.0273 e. The second-order valence-electron chi connectivity index (χ2n) is 6.47. The Bertz CT molecular complexity index is 393. The maximum atomic E-state index is 3.48. The highest BCUT2D eigenvalue weighted by Gasteiger charge is 2.15. The Hall–Kier alpha value is -0.600. The van der Waals surface area contributed by atoms with Crippen molar-refractivity contribution in [2.75, 3.05) is 13.1 Å². The summed E-state index contributed by atoms with van der Waals surface area (Å²) in [5, 5.41) is 3.48. The van der Waals surface area contributed by atoms with E-state index >= 15 is 0 Å². The van der Waals surface area contributed by atoms with E-state index in [9.17, 15) is 0 Å². The molecule has 0 spiro atoms. The fourth-order valence-electron chi connectivity index (χ4n) is 1.69. The van der Waals surface area contributed by atoms with Crippen molar-refractivity contribution in [3.8, 4) is 0 Å². The van der Waals surface area contributed by atoms with Crippen molar-refractivity contribution in [3.63, 3.8) is 0 Å². The van der Waals surface area contributed by atoms with Crippen LogP contribution in [0.3, 0.4) is 0 Å². The summed E-state index contributed by atoms with van der Waals surface area (Å²) >= 11 is 1.90. The van der Waals surface area contributed by atoms with Gasteiger partial charge in [0.05, 0.1) is 0 Å². The summed E-state index contributed by atoms with van der Waals surface area (Å²) in [6.45, 7) is 15.5. The molecule has 1 rings (SSSR count). The van der Waals surface area contributed by atoms with Crippen LogP contribution in [0.4, 0.5) is 0 Å². The lowest BCUT2D eigenvalue weighted by molar-refractivity contribution is 0.572. The number of nitrogens with one attached hydrogen (secondary N) is 1. The van der Waals surface area contributed by atoms with Gasteiger partial charge in [-0.05, 0) is 43.0 Å². The molecule has 0 aromatic carbocycles. The Labute approximate surface area is 116 Å². The molecule has 102 valence electrons. The monoisotopic (exact) mass is 265 g/mol. The fraction of sp³-hybridized carbons (Fsp3) is 0.625. The SMILES string of the molecule is C/C(=C\c1ccc(C(C)(C)C)s1)CNCC(C)C. The molecule has 1 nitrogen and oxygen atoms in total. The summed E-state index contributed by atoms with van der Waals surface area (Å²) in [6, 6.07) is 4.49. The van der Waals surface area contributed by atoms with E-state index in [-0.39, 0.29) is 5.41 Å². The van der Waals surface area contributed by atoms with Crippen LogP contribution in [-0.2, 0) is 5.41 Å². The Kier molecular flexibility index (Phi) is 5.61. The summed E-state index contributed by atoms with van der Waals surface area (Å²) in [5.74, 6) is 0.715. The molecule has 0 amide bonds. The molecular weight excluding hydrogens is 238 g/mol. The van der Waals surface area contributed by atoms with E-state index in [4.69, 9.17) is 0 Å². The van der Waals surface area contributed by atoms with Crippen LogP contribution in [0.1, 0.15) is 51.3 Å². The van der Waals surface area contributed by atoms with E-state index in [0.29, 0.717) is 5.92 Å². The maximum absolute atomic E-state index is 3.48. The number of hydrogen-bond donors (Lipinski definition) is 1. The molecule has 0 unspecified atom stereocenters. The number of thiophene rings is 1. The lowest BCUT2D eigenvalue weighted by Gasteiger charge is -2.15. The lowest BCUT2D eigenvalue weighted by Crippen LogP contribution is -2.21. The molecule has 1 aromatic heterocycles. The Morgan fingerprint density at radius 2 is 2.00 bits per heavy atom. The van der Waals surface area contributed by atoms with Crippen molar-refractivity contribution >= 4 is 17.4 Å². The zero-order valence-electron chi connectivity index (χ0n) is 12.6. The molecule has 1 aromatic rings. The van der Waals surface area contributed by atoms with Crippen LogP contribution in [-0.4, -0.2) is 13.1 Å². The van der Waals surface area contributed by atoms with Gasteiger partial charge in [-0.25, -0.2) is 0 Å². The van der Waals surface area contributed by atoms with Gasteiger partial charge in [0.25, 0.3) is 0 Å². The van der Waals surface area contributed by atoms with E-state index in [1.807, 2.05) is 11.3 Å². The van der Waals surface area contributed by atoms with Gasteiger partial charge in [-0.3, -0.25) is 0 Å². The van der Waals surface area contributed by atoms with Crippen LogP contribution in [0.5, 0.6) is 0 Å². The molecule has 0 radical (unpaired) electrons. The van der Waals surface area contributed by atoms with E-state index in [0.717, 1.165) is 13.1 Å². The first-order chi connectivity index (χ1) is 8.29. The Balaban J connectivity index is 2.57. The summed E-state index contributed by atoms with van der Waals surface area (Å²) in [4.78, 5) is 2.82. The van der Waals surface area contributed by atoms with Gasteiger partial charge in [0.15, 0.2) is 0 Å². The summed E-state index contributed by atoms with van der Waals surface area (Å²) in [7, 11) is 0. The van der Waals surface area contributed by atoms with Crippen molar-refractivity contribution in [2.24, 2.45) is 5.92 Å². The molecular formula is C16H27NS. The first-order valence-corrected chi connectivity index (χ1v) is 7.59. The van der Waals surface area contributed by atoms with Gasteiger partial charge in [0, 0.05) is 16.3 Å². The van der Waals surface area contributed by atoms with Crippen LogP contribution < -0.4 is 5.32 Å². The topological polar surface area (TPSA) is 12.0 Å². The molecule has 0 saturated carbocycles. The second kappa shape index (κ2) is 6.53. The summed E-state index contributed by atoms with van der Waals surface area (Å²) in [6.07, 6.45) is 2.30. The molecule has 0 fully saturated rings. The van der Waals surface area contributed by atoms with Crippen molar-refractivity contribution in [3.05, 3.63) is 27.5 Å². The zero-order chi connectivity index (χ0) is 13.8. The minimum atomic E-state index is 0.264. The Morgan fingerprint density at radius 1 is 1.33 bits per heavy atom. The summed E-state index contributed by atoms with van der Waals surface area (Å²) < 4.78 is 0. The van der Waals surface area contributed by atoms with Crippen molar-refractivity contribution < 1.29 is 0 Å². The minimum Gasteiger partial charge on any atom is -0.313 e. The third kappa shape index (κ3) is 5.36. The van der Waals surface area contributed by atoms with Crippen LogP contribution >= 0.6 is 11.3 Å². The van der Waals surface area contributed by atoms with Gasteiger partial charge >= 0.3 is 0 Å². The van der Waals surface area contributed by atoms with Gasteiger partial charge in [-0.2, -0.15) is 0 Å².